The van der Waals surface area contributed by atoms with Crippen molar-refractivity contribution in [2.75, 3.05) is 6.54 Å². The Hall–Kier alpha value is -1.46. The van der Waals surface area contributed by atoms with Gasteiger partial charge in [0.25, 0.3) is 0 Å². The molecule has 1 saturated heterocycles. The fourth-order valence-electron chi connectivity index (χ4n) is 3.16. The van der Waals surface area contributed by atoms with Crippen molar-refractivity contribution in [3.8, 4) is 0 Å². The molecule has 1 amide bonds. The van der Waals surface area contributed by atoms with Gasteiger partial charge in [-0.1, -0.05) is 0 Å². The van der Waals surface area contributed by atoms with Gasteiger partial charge in [-0.15, -0.1) is 0 Å². The van der Waals surface area contributed by atoms with Gasteiger partial charge in [-0.2, -0.15) is 0 Å². The number of aromatic nitrogens is 1. The van der Waals surface area contributed by atoms with Gasteiger partial charge in [0.1, 0.15) is 0 Å². The third kappa shape index (κ3) is 3.80. The molecule has 4 atom stereocenters. The predicted molar refractivity (Wildman–Crippen MR) is 81.7 cm³/mol. The van der Waals surface area contributed by atoms with Crippen molar-refractivity contribution in [3.05, 3.63) is 30.1 Å². The molecule has 21 heavy (non-hydrogen) atoms. The molecule has 4 unspecified atom stereocenters. The first-order chi connectivity index (χ1) is 10.0. The van der Waals surface area contributed by atoms with E-state index in [0.717, 1.165) is 18.4 Å². The van der Waals surface area contributed by atoms with E-state index in [1.54, 1.807) is 24.5 Å². The molecule has 2 N–H and O–H groups in total. The Morgan fingerprint density at radius 1 is 1.38 bits per heavy atom. The third-order valence-electron chi connectivity index (χ3n) is 4.41. The lowest BCUT2D eigenvalue weighted by atomic mass is 10.1. The van der Waals surface area contributed by atoms with E-state index in [1.165, 1.54) is 0 Å². The number of rotatable bonds is 5. The Balaban J connectivity index is 1.87. The number of nitrogens with one attached hydrogen (secondary N) is 1. The number of pyridine rings is 1. The van der Waals surface area contributed by atoms with Crippen LogP contribution in [0.1, 0.15) is 45.3 Å². The van der Waals surface area contributed by atoms with Crippen LogP contribution in [0.2, 0.25) is 0 Å². The molecule has 0 aliphatic carbocycles. The van der Waals surface area contributed by atoms with Crippen molar-refractivity contribution in [1.82, 2.24) is 15.2 Å². The highest BCUT2D eigenvalue weighted by Gasteiger charge is 2.34. The topological polar surface area (TPSA) is 65.5 Å². The van der Waals surface area contributed by atoms with Crippen molar-refractivity contribution in [2.45, 2.75) is 57.8 Å². The van der Waals surface area contributed by atoms with Gasteiger partial charge < -0.3 is 10.4 Å². The minimum absolute atomic E-state index is 0.0243. The number of amides is 1. The molecule has 1 fully saturated rings. The Kier molecular flexibility index (Phi) is 5.31. The maximum absolute atomic E-state index is 12.3. The smallest absolute Gasteiger partial charge is 0.237 e. The fraction of sp³-hybridized carbons (Fsp3) is 0.625. The fourth-order valence-corrected chi connectivity index (χ4v) is 3.16. The summed E-state index contributed by atoms with van der Waals surface area (Å²) in [5, 5.41) is 12.9. The molecule has 2 heterocycles. The van der Waals surface area contributed by atoms with Crippen LogP contribution in [0.3, 0.4) is 0 Å². The monoisotopic (exact) mass is 291 g/mol. The summed E-state index contributed by atoms with van der Waals surface area (Å²) in [5.41, 5.74) is 0.765. The minimum atomic E-state index is -0.697. The Morgan fingerprint density at radius 3 is 2.52 bits per heavy atom. The normalized spacial score (nSPS) is 25.5. The van der Waals surface area contributed by atoms with Crippen molar-refractivity contribution in [3.63, 3.8) is 0 Å². The summed E-state index contributed by atoms with van der Waals surface area (Å²) in [6.45, 7) is 6.49. The predicted octanol–water partition coefficient (Wildman–Crippen LogP) is 1.49. The van der Waals surface area contributed by atoms with Crippen LogP contribution in [-0.2, 0) is 4.79 Å². The number of nitrogens with zero attached hydrogens (tertiary/aromatic N) is 2. The van der Waals surface area contributed by atoms with E-state index in [9.17, 15) is 9.90 Å². The average Bonchev–Trinajstić information content (AvgIpc) is 2.83. The Labute approximate surface area is 126 Å². The number of likely N-dealkylation sites (tertiary alicyclic amines) is 1. The molecule has 5 nitrogen and oxygen atoms in total. The van der Waals surface area contributed by atoms with Gasteiger partial charge in [-0.25, -0.2) is 0 Å². The summed E-state index contributed by atoms with van der Waals surface area (Å²) in [7, 11) is 0. The molecular weight excluding hydrogens is 266 g/mol. The summed E-state index contributed by atoms with van der Waals surface area (Å²) in [6.07, 6.45) is 4.85. The van der Waals surface area contributed by atoms with Crippen LogP contribution >= 0.6 is 0 Å². The summed E-state index contributed by atoms with van der Waals surface area (Å²) in [4.78, 5) is 18.5. The van der Waals surface area contributed by atoms with E-state index >= 15 is 0 Å². The van der Waals surface area contributed by atoms with Gasteiger partial charge in [0.15, 0.2) is 0 Å². The quantitative estimate of drug-likeness (QED) is 0.862. The second-order valence-electron chi connectivity index (χ2n) is 5.94. The average molecular weight is 291 g/mol. The van der Waals surface area contributed by atoms with E-state index in [2.05, 4.69) is 29.0 Å². The number of hydrogen-bond acceptors (Lipinski definition) is 4. The van der Waals surface area contributed by atoms with E-state index in [1.807, 2.05) is 6.92 Å². The Bertz CT molecular complexity index is 456. The summed E-state index contributed by atoms with van der Waals surface area (Å²) in [6, 6.07) is 4.22. The van der Waals surface area contributed by atoms with Crippen LogP contribution in [0.5, 0.6) is 0 Å². The molecule has 1 aromatic rings. The zero-order chi connectivity index (χ0) is 15.4. The lowest BCUT2D eigenvalue weighted by Gasteiger charge is -2.31. The third-order valence-corrected chi connectivity index (χ3v) is 4.41. The van der Waals surface area contributed by atoms with Crippen LogP contribution in [0, 0.1) is 0 Å². The first-order valence-corrected chi connectivity index (χ1v) is 7.64. The second-order valence-corrected chi connectivity index (χ2v) is 5.94. The molecule has 0 radical (unpaired) electrons. The maximum atomic E-state index is 12.3. The molecule has 116 valence electrons. The van der Waals surface area contributed by atoms with E-state index in [4.69, 9.17) is 0 Å². The molecular formula is C16H25N3O2. The minimum Gasteiger partial charge on any atom is -0.387 e. The second kappa shape index (κ2) is 7.00. The lowest BCUT2D eigenvalue weighted by molar-refractivity contribution is -0.127. The SMILES string of the molecule is CC1CCC(C)N1C(C)C(=O)NCC(O)c1ccncc1. The molecule has 2 rings (SSSR count). The van der Waals surface area contributed by atoms with Crippen LogP contribution in [0.15, 0.2) is 24.5 Å². The molecule has 1 aliphatic rings. The van der Waals surface area contributed by atoms with Gasteiger partial charge in [-0.3, -0.25) is 14.7 Å². The van der Waals surface area contributed by atoms with Crippen LogP contribution in [0.4, 0.5) is 0 Å². The first kappa shape index (κ1) is 15.9. The van der Waals surface area contributed by atoms with Crippen LogP contribution < -0.4 is 5.32 Å². The largest absolute Gasteiger partial charge is 0.387 e. The van der Waals surface area contributed by atoms with Crippen molar-refractivity contribution < 1.29 is 9.90 Å². The van der Waals surface area contributed by atoms with E-state index < -0.39 is 6.10 Å². The highest BCUT2D eigenvalue weighted by Crippen LogP contribution is 2.25. The maximum Gasteiger partial charge on any atom is 0.237 e. The highest BCUT2D eigenvalue weighted by atomic mass is 16.3. The summed E-state index contributed by atoms with van der Waals surface area (Å²) < 4.78 is 0. The van der Waals surface area contributed by atoms with Crippen molar-refractivity contribution in [2.24, 2.45) is 0 Å². The number of carbonyl (C=O) groups excluding carboxylic acids is 1. The van der Waals surface area contributed by atoms with Crippen molar-refractivity contribution in [1.29, 1.82) is 0 Å². The standard InChI is InChI=1S/C16H25N3O2/c1-11-4-5-12(2)19(11)13(3)16(21)18-10-15(20)14-6-8-17-9-7-14/h6-9,11-13,15,20H,4-5,10H2,1-3H3,(H,18,21). The van der Waals surface area contributed by atoms with Gasteiger partial charge in [0.05, 0.1) is 12.1 Å². The van der Waals surface area contributed by atoms with Crippen LogP contribution in [0.25, 0.3) is 0 Å². The number of hydrogen-bond donors (Lipinski definition) is 2. The molecule has 0 aromatic carbocycles. The molecule has 0 saturated carbocycles. The highest BCUT2D eigenvalue weighted by molar-refractivity contribution is 5.81. The molecule has 5 heteroatoms. The molecule has 0 bridgehead atoms. The van der Waals surface area contributed by atoms with Gasteiger partial charge in [0.2, 0.25) is 5.91 Å². The van der Waals surface area contributed by atoms with Gasteiger partial charge in [0, 0.05) is 31.0 Å². The number of aliphatic hydroxyl groups is 1. The first-order valence-electron chi connectivity index (χ1n) is 7.64. The summed E-state index contributed by atoms with van der Waals surface area (Å²) >= 11 is 0. The molecule has 1 aliphatic heterocycles. The lowest BCUT2D eigenvalue weighted by Crippen LogP contribution is -2.49. The molecule has 0 spiro atoms. The van der Waals surface area contributed by atoms with E-state index in [-0.39, 0.29) is 18.5 Å². The zero-order valence-electron chi connectivity index (χ0n) is 13.0. The zero-order valence-corrected chi connectivity index (χ0v) is 13.0. The Morgan fingerprint density at radius 2 is 1.95 bits per heavy atom. The molecule has 1 aromatic heterocycles. The number of carbonyl (C=O) groups is 1. The summed E-state index contributed by atoms with van der Waals surface area (Å²) in [5.74, 6) is -0.0243. The van der Waals surface area contributed by atoms with Gasteiger partial charge >= 0.3 is 0 Å². The van der Waals surface area contributed by atoms with E-state index in [0.29, 0.717) is 12.1 Å². The van der Waals surface area contributed by atoms with Crippen molar-refractivity contribution >= 4 is 5.91 Å². The van der Waals surface area contributed by atoms with Crippen LogP contribution in [-0.4, -0.2) is 45.6 Å². The van der Waals surface area contributed by atoms with Gasteiger partial charge in [-0.05, 0) is 51.3 Å². The number of aliphatic hydroxyl groups excluding tert-OH is 1.